The minimum atomic E-state index is 0.928. The van der Waals surface area contributed by atoms with Gasteiger partial charge in [0.15, 0.2) is 0 Å². The van der Waals surface area contributed by atoms with Crippen molar-refractivity contribution in [2.75, 3.05) is 0 Å². The van der Waals surface area contributed by atoms with E-state index in [2.05, 4.69) is 32.9 Å². The lowest BCUT2D eigenvalue weighted by atomic mass is 10.0. The summed E-state index contributed by atoms with van der Waals surface area (Å²) in [6.45, 7) is 6.94. The van der Waals surface area contributed by atoms with Crippen LogP contribution in [-0.2, 0) is 0 Å². The summed E-state index contributed by atoms with van der Waals surface area (Å²) in [4.78, 5) is 0. The Bertz CT molecular complexity index is 157. The van der Waals surface area contributed by atoms with E-state index in [0.717, 1.165) is 5.92 Å². The summed E-state index contributed by atoms with van der Waals surface area (Å²) in [5, 5.41) is 0. The van der Waals surface area contributed by atoms with Crippen molar-refractivity contribution >= 4 is 0 Å². The minimum absolute atomic E-state index is 0.928. The number of unbranched alkanes of at least 4 members (excludes halogenated alkanes) is 7. The number of allylic oxidation sites excluding steroid dienone is 2. The molecule has 0 aromatic carbocycles. The van der Waals surface area contributed by atoms with Gasteiger partial charge in [-0.1, -0.05) is 77.9 Å². The second kappa shape index (κ2) is 13.8. The van der Waals surface area contributed by atoms with Crippen LogP contribution in [0.1, 0.15) is 91.4 Å². The highest BCUT2D eigenvalue weighted by Gasteiger charge is 1.96. The molecule has 0 spiro atoms. The summed E-state index contributed by atoms with van der Waals surface area (Å²) in [7, 11) is 0. The normalized spacial score (nSPS) is 13.4. The molecule has 0 fully saturated rings. The van der Waals surface area contributed by atoms with Crippen molar-refractivity contribution in [3.63, 3.8) is 0 Å². The van der Waals surface area contributed by atoms with Crippen LogP contribution in [0.25, 0.3) is 0 Å². The summed E-state index contributed by atoms with van der Waals surface area (Å²) < 4.78 is 0. The van der Waals surface area contributed by atoms with Crippen LogP contribution in [-0.4, -0.2) is 0 Å². The molecule has 17 heavy (non-hydrogen) atoms. The first-order valence-electron chi connectivity index (χ1n) is 7.96. The third-order valence-corrected chi connectivity index (χ3v) is 3.66. The quantitative estimate of drug-likeness (QED) is 0.268. The van der Waals surface area contributed by atoms with Gasteiger partial charge in [-0.05, 0) is 31.6 Å². The molecule has 0 aromatic heterocycles. The number of rotatable bonds is 12. The molecular weight excluding hydrogens is 204 g/mol. The first-order chi connectivity index (χ1) is 8.31. The first-order valence-corrected chi connectivity index (χ1v) is 7.96. The molecule has 0 nitrogen and oxygen atoms in total. The second-order valence-corrected chi connectivity index (χ2v) is 5.47. The standard InChI is InChI=1S/C17H34/c1-4-6-7-8-9-10-11-12-13-14-15-16-17(3)5-2/h11-12,17H,4-10,13-16H2,1-3H3/b12-11-. The van der Waals surface area contributed by atoms with Gasteiger partial charge in [0, 0.05) is 0 Å². The first kappa shape index (κ1) is 16.7. The average molecular weight is 238 g/mol. The largest absolute Gasteiger partial charge is 0.0885 e. The summed E-state index contributed by atoms with van der Waals surface area (Å²) >= 11 is 0. The molecule has 102 valence electrons. The Kier molecular flexibility index (Phi) is 13.6. The molecule has 0 aliphatic carbocycles. The summed E-state index contributed by atoms with van der Waals surface area (Å²) in [5.74, 6) is 0.928. The van der Waals surface area contributed by atoms with Crippen LogP contribution in [0.15, 0.2) is 12.2 Å². The topological polar surface area (TPSA) is 0 Å². The fraction of sp³-hybridized carbons (Fsp3) is 0.882. The highest BCUT2D eigenvalue weighted by atomic mass is 14.0. The van der Waals surface area contributed by atoms with E-state index in [1.54, 1.807) is 0 Å². The molecule has 0 heterocycles. The molecule has 1 unspecified atom stereocenters. The Morgan fingerprint density at radius 2 is 1.35 bits per heavy atom. The molecule has 0 heteroatoms. The molecule has 0 aliphatic heterocycles. The van der Waals surface area contributed by atoms with Gasteiger partial charge in [-0.3, -0.25) is 0 Å². The Morgan fingerprint density at radius 1 is 0.765 bits per heavy atom. The Morgan fingerprint density at radius 3 is 1.94 bits per heavy atom. The Labute approximate surface area is 110 Å². The van der Waals surface area contributed by atoms with Crippen molar-refractivity contribution in [1.82, 2.24) is 0 Å². The van der Waals surface area contributed by atoms with Crippen molar-refractivity contribution in [3.05, 3.63) is 12.2 Å². The summed E-state index contributed by atoms with van der Waals surface area (Å²) in [6, 6.07) is 0. The van der Waals surface area contributed by atoms with Crippen molar-refractivity contribution in [3.8, 4) is 0 Å². The second-order valence-electron chi connectivity index (χ2n) is 5.47. The van der Waals surface area contributed by atoms with E-state index in [4.69, 9.17) is 0 Å². The van der Waals surface area contributed by atoms with Gasteiger partial charge in [0.1, 0.15) is 0 Å². The maximum absolute atomic E-state index is 2.40. The van der Waals surface area contributed by atoms with Crippen molar-refractivity contribution < 1.29 is 0 Å². The molecule has 0 amide bonds. The van der Waals surface area contributed by atoms with E-state index < -0.39 is 0 Å². The predicted molar refractivity (Wildman–Crippen MR) is 80.4 cm³/mol. The molecule has 0 radical (unpaired) electrons. The maximum Gasteiger partial charge on any atom is -0.0351 e. The van der Waals surface area contributed by atoms with Crippen molar-refractivity contribution in [2.24, 2.45) is 5.92 Å². The lowest BCUT2D eigenvalue weighted by Crippen LogP contribution is -1.90. The molecule has 0 rings (SSSR count). The van der Waals surface area contributed by atoms with Crippen LogP contribution in [0.3, 0.4) is 0 Å². The van der Waals surface area contributed by atoms with Crippen LogP contribution >= 0.6 is 0 Å². The van der Waals surface area contributed by atoms with Gasteiger partial charge < -0.3 is 0 Å². The zero-order valence-corrected chi connectivity index (χ0v) is 12.5. The molecule has 0 bridgehead atoms. The molecule has 0 aliphatic rings. The van der Waals surface area contributed by atoms with E-state index in [1.807, 2.05) is 0 Å². The van der Waals surface area contributed by atoms with Gasteiger partial charge in [0.2, 0.25) is 0 Å². The predicted octanol–water partition coefficient (Wildman–Crippen LogP) is 6.51. The number of hydrogen-bond acceptors (Lipinski definition) is 0. The zero-order chi connectivity index (χ0) is 12.8. The fourth-order valence-corrected chi connectivity index (χ4v) is 2.06. The molecule has 0 saturated heterocycles. The monoisotopic (exact) mass is 238 g/mol. The number of hydrogen-bond donors (Lipinski definition) is 0. The minimum Gasteiger partial charge on any atom is -0.0885 e. The van der Waals surface area contributed by atoms with E-state index in [9.17, 15) is 0 Å². The maximum atomic E-state index is 2.40. The van der Waals surface area contributed by atoms with Crippen LogP contribution in [0, 0.1) is 5.92 Å². The Hall–Kier alpha value is -0.260. The van der Waals surface area contributed by atoms with Gasteiger partial charge in [0.25, 0.3) is 0 Å². The van der Waals surface area contributed by atoms with Gasteiger partial charge in [-0.15, -0.1) is 0 Å². The lowest BCUT2D eigenvalue weighted by Gasteiger charge is -2.06. The van der Waals surface area contributed by atoms with E-state index in [0.29, 0.717) is 0 Å². The SMILES string of the molecule is CCCCCCC/C=C\CCCCC(C)CC. The van der Waals surface area contributed by atoms with Gasteiger partial charge in [-0.2, -0.15) is 0 Å². The summed E-state index contributed by atoms with van der Waals surface area (Å²) in [6.07, 6.45) is 20.0. The van der Waals surface area contributed by atoms with Gasteiger partial charge in [0.05, 0.1) is 0 Å². The van der Waals surface area contributed by atoms with Crippen LogP contribution in [0.5, 0.6) is 0 Å². The average Bonchev–Trinajstić information content (AvgIpc) is 2.35. The smallest absolute Gasteiger partial charge is 0.0351 e. The van der Waals surface area contributed by atoms with Crippen LogP contribution in [0.2, 0.25) is 0 Å². The zero-order valence-electron chi connectivity index (χ0n) is 12.5. The van der Waals surface area contributed by atoms with E-state index in [-0.39, 0.29) is 0 Å². The molecule has 1 atom stereocenters. The highest BCUT2D eigenvalue weighted by molar-refractivity contribution is 4.81. The van der Waals surface area contributed by atoms with E-state index >= 15 is 0 Å². The molecular formula is C17H34. The van der Waals surface area contributed by atoms with Crippen LogP contribution < -0.4 is 0 Å². The molecule has 0 aromatic rings. The van der Waals surface area contributed by atoms with Gasteiger partial charge in [-0.25, -0.2) is 0 Å². The fourth-order valence-electron chi connectivity index (χ4n) is 2.06. The molecule has 0 saturated carbocycles. The van der Waals surface area contributed by atoms with E-state index in [1.165, 1.54) is 70.6 Å². The third kappa shape index (κ3) is 13.7. The van der Waals surface area contributed by atoms with Crippen molar-refractivity contribution in [1.29, 1.82) is 0 Å². The molecule has 0 N–H and O–H groups in total. The van der Waals surface area contributed by atoms with Gasteiger partial charge >= 0.3 is 0 Å². The Balaban J connectivity index is 3.09. The van der Waals surface area contributed by atoms with Crippen molar-refractivity contribution in [2.45, 2.75) is 91.4 Å². The highest BCUT2D eigenvalue weighted by Crippen LogP contribution is 2.12. The lowest BCUT2D eigenvalue weighted by molar-refractivity contribution is 0.486. The van der Waals surface area contributed by atoms with Crippen LogP contribution in [0.4, 0.5) is 0 Å². The summed E-state index contributed by atoms with van der Waals surface area (Å²) in [5.41, 5.74) is 0. The third-order valence-electron chi connectivity index (χ3n) is 3.66.